The lowest BCUT2D eigenvalue weighted by molar-refractivity contribution is 0.219. The van der Waals surface area contributed by atoms with E-state index in [0.717, 1.165) is 41.8 Å². The van der Waals surface area contributed by atoms with Gasteiger partial charge in [-0.1, -0.05) is 60.7 Å². The Hall–Kier alpha value is -2.41. The van der Waals surface area contributed by atoms with Crippen molar-refractivity contribution >= 4 is 17.4 Å². The fourth-order valence-corrected chi connectivity index (χ4v) is 3.91. The Labute approximate surface area is 163 Å². The van der Waals surface area contributed by atoms with E-state index in [-0.39, 0.29) is 5.92 Å². The SMILES string of the molecule is CC(C)c1noc(N2CCC(COc3ncc(-c4ccccc4)s3)CC2)n1. The summed E-state index contributed by atoms with van der Waals surface area (Å²) in [5.74, 6) is 1.58. The number of nitrogens with zero attached hydrogens (tertiary/aromatic N) is 4. The highest BCUT2D eigenvalue weighted by molar-refractivity contribution is 7.16. The van der Waals surface area contributed by atoms with Gasteiger partial charge in [0, 0.05) is 25.2 Å². The van der Waals surface area contributed by atoms with Crippen molar-refractivity contribution in [2.24, 2.45) is 5.92 Å². The van der Waals surface area contributed by atoms with Gasteiger partial charge in [-0.15, -0.1) is 0 Å². The van der Waals surface area contributed by atoms with E-state index in [9.17, 15) is 0 Å². The molecule has 0 amide bonds. The van der Waals surface area contributed by atoms with Crippen molar-refractivity contribution in [1.29, 1.82) is 0 Å². The zero-order chi connectivity index (χ0) is 18.6. The molecule has 0 atom stereocenters. The van der Waals surface area contributed by atoms with Crippen LogP contribution >= 0.6 is 11.3 Å². The lowest BCUT2D eigenvalue weighted by Crippen LogP contribution is -2.35. The molecule has 3 heterocycles. The van der Waals surface area contributed by atoms with Gasteiger partial charge < -0.3 is 14.2 Å². The maximum absolute atomic E-state index is 5.96. The Balaban J connectivity index is 1.27. The molecule has 1 aliphatic heterocycles. The van der Waals surface area contributed by atoms with Crippen LogP contribution in [0.15, 0.2) is 41.1 Å². The molecule has 0 radical (unpaired) electrons. The molecule has 142 valence electrons. The number of benzene rings is 1. The molecular weight excluding hydrogens is 360 g/mol. The Morgan fingerprint density at radius 2 is 2.00 bits per heavy atom. The standard InChI is InChI=1S/C20H24N4O2S/c1-14(2)18-22-19(26-23-18)24-10-8-15(9-11-24)13-25-20-21-12-17(27-20)16-6-4-3-5-7-16/h3-7,12,14-15H,8-11,13H2,1-2H3. The smallest absolute Gasteiger partial charge is 0.324 e. The van der Waals surface area contributed by atoms with E-state index in [0.29, 0.717) is 18.5 Å². The van der Waals surface area contributed by atoms with E-state index < -0.39 is 0 Å². The van der Waals surface area contributed by atoms with Gasteiger partial charge >= 0.3 is 6.01 Å². The molecule has 0 spiro atoms. The molecule has 0 aliphatic carbocycles. The summed E-state index contributed by atoms with van der Waals surface area (Å²) < 4.78 is 11.4. The first-order valence-corrected chi connectivity index (χ1v) is 10.2. The minimum Gasteiger partial charge on any atom is -0.470 e. The summed E-state index contributed by atoms with van der Waals surface area (Å²) in [6, 6.07) is 10.9. The Kier molecular flexibility index (Phi) is 5.38. The lowest BCUT2D eigenvalue weighted by atomic mass is 9.98. The zero-order valence-electron chi connectivity index (χ0n) is 15.7. The molecule has 0 N–H and O–H groups in total. The van der Waals surface area contributed by atoms with Crippen LogP contribution in [0.4, 0.5) is 6.01 Å². The van der Waals surface area contributed by atoms with Crippen LogP contribution in [0.2, 0.25) is 0 Å². The van der Waals surface area contributed by atoms with Crippen LogP contribution in [0.1, 0.15) is 38.4 Å². The maximum Gasteiger partial charge on any atom is 0.324 e. The topological polar surface area (TPSA) is 64.3 Å². The third-order valence-electron chi connectivity index (χ3n) is 4.82. The molecule has 0 bridgehead atoms. The monoisotopic (exact) mass is 384 g/mol. The minimum atomic E-state index is 0.285. The van der Waals surface area contributed by atoms with Crippen LogP contribution in [0, 0.1) is 5.92 Å². The predicted octanol–water partition coefficient (Wildman–Crippen LogP) is 4.61. The highest BCUT2D eigenvalue weighted by atomic mass is 32.1. The van der Waals surface area contributed by atoms with E-state index in [1.54, 1.807) is 11.3 Å². The maximum atomic E-state index is 5.96. The predicted molar refractivity (Wildman–Crippen MR) is 106 cm³/mol. The lowest BCUT2D eigenvalue weighted by Gasteiger charge is -2.30. The second kappa shape index (κ2) is 8.08. The fourth-order valence-electron chi connectivity index (χ4n) is 3.13. The first-order chi connectivity index (χ1) is 13.2. The molecule has 1 aliphatic rings. The summed E-state index contributed by atoms with van der Waals surface area (Å²) in [6.45, 7) is 6.68. The molecule has 7 heteroatoms. The largest absolute Gasteiger partial charge is 0.470 e. The Morgan fingerprint density at radius 3 is 2.70 bits per heavy atom. The van der Waals surface area contributed by atoms with Crippen molar-refractivity contribution in [1.82, 2.24) is 15.1 Å². The van der Waals surface area contributed by atoms with E-state index >= 15 is 0 Å². The van der Waals surface area contributed by atoms with Gasteiger partial charge in [-0.25, -0.2) is 4.98 Å². The van der Waals surface area contributed by atoms with Crippen molar-refractivity contribution in [2.45, 2.75) is 32.6 Å². The van der Waals surface area contributed by atoms with Crippen molar-refractivity contribution in [3.63, 3.8) is 0 Å². The normalized spacial score (nSPS) is 15.4. The molecule has 1 fully saturated rings. The number of anilines is 1. The number of aromatic nitrogens is 3. The highest BCUT2D eigenvalue weighted by Crippen LogP contribution is 2.31. The van der Waals surface area contributed by atoms with Gasteiger partial charge in [0.15, 0.2) is 5.82 Å². The number of piperidine rings is 1. The second-order valence-electron chi connectivity index (χ2n) is 7.19. The van der Waals surface area contributed by atoms with Gasteiger partial charge in [-0.3, -0.25) is 0 Å². The summed E-state index contributed by atoms with van der Waals surface area (Å²) in [5, 5.41) is 4.80. The van der Waals surface area contributed by atoms with Crippen LogP contribution in [0.25, 0.3) is 10.4 Å². The Bertz CT molecular complexity index is 854. The summed E-state index contributed by atoms with van der Waals surface area (Å²) in [5.41, 5.74) is 1.18. The quantitative estimate of drug-likeness (QED) is 0.618. The summed E-state index contributed by atoms with van der Waals surface area (Å²) in [4.78, 5) is 12.2. The van der Waals surface area contributed by atoms with Gasteiger partial charge in [-0.2, -0.15) is 4.98 Å². The number of ether oxygens (including phenoxy) is 1. The summed E-state index contributed by atoms with van der Waals surface area (Å²) >= 11 is 1.60. The van der Waals surface area contributed by atoms with E-state index in [2.05, 4.69) is 46.0 Å². The zero-order valence-corrected chi connectivity index (χ0v) is 16.5. The summed E-state index contributed by atoms with van der Waals surface area (Å²) in [7, 11) is 0. The molecule has 1 saturated heterocycles. The molecule has 27 heavy (non-hydrogen) atoms. The second-order valence-corrected chi connectivity index (χ2v) is 8.18. The molecule has 4 rings (SSSR count). The van der Waals surface area contributed by atoms with Gasteiger partial charge in [0.25, 0.3) is 5.19 Å². The fraction of sp³-hybridized carbons (Fsp3) is 0.450. The number of hydrogen-bond acceptors (Lipinski definition) is 7. The first-order valence-electron chi connectivity index (χ1n) is 9.41. The van der Waals surface area contributed by atoms with E-state index in [4.69, 9.17) is 9.26 Å². The van der Waals surface area contributed by atoms with Crippen molar-refractivity contribution in [2.75, 3.05) is 24.6 Å². The van der Waals surface area contributed by atoms with Crippen molar-refractivity contribution in [3.05, 3.63) is 42.4 Å². The minimum absolute atomic E-state index is 0.285. The molecule has 0 unspecified atom stereocenters. The van der Waals surface area contributed by atoms with Crippen LogP contribution in [0.5, 0.6) is 5.19 Å². The summed E-state index contributed by atoms with van der Waals surface area (Å²) in [6.07, 6.45) is 3.99. The van der Waals surface area contributed by atoms with Gasteiger partial charge in [0.1, 0.15) is 0 Å². The molecule has 2 aromatic heterocycles. The van der Waals surface area contributed by atoms with Crippen LogP contribution in [-0.4, -0.2) is 34.8 Å². The number of thiazole rings is 1. The molecule has 0 saturated carbocycles. The molecule has 6 nitrogen and oxygen atoms in total. The Morgan fingerprint density at radius 1 is 1.22 bits per heavy atom. The van der Waals surface area contributed by atoms with Gasteiger partial charge in [-0.05, 0) is 24.3 Å². The van der Waals surface area contributed by atoms with Crippen LogP contribution < -0.4 is 9.64 Å². The third-order valence-corrected chi connectivity index (χ3v) is 5.78. The average Bonchev–Trinajstić information content (AvgIpc) is 3.37. The van der Waals surface area contributed by atoms with Crippen LogP contribution in [-0.2, 0) is 0 Å². The molecular formula is C20H24N4O2S. The van der Waals surface area contributed by atoms with Crippen molar-refractivity contribution < 1.29 is 9.26 Å². The van der Waals surface area contributed by atoms with Crippen molar-refractivity contribution in [3.8, 4) is 15.6 Å². The molecule has 1 aromatic carbocycles. The highest BCUT2D eigenvalue weighted by Gasteiger charge is 2.24. The van der Waals surface area contributed by atoms with E-state index in [1.165, 1.54) is 5.56 Å². The number of rotatable bonds is 6. The third kappa shape index (κ3) is 4.30. The van der Waals surface area contributed by atoms with Gasteiger partial charge in [0.05, 0.1) is 11.5 Å². The first kappa shape index (κ1) is 18.0. The van der Waals surface area contributed by atoms with Gasteiger partial charge in [0.2, 0.25) is 0 Å². The van der Waals surface area contributed by atoms with E-state index in [1.807, 2.05) is 24.4 Å². The molecule has 3 aromatic rings. The van der Waals surface area contributed by atoms with Crippen LogP contribution in [0.3, 0.4) is 0 Å². The number of hydrogen-bond donors (Lipinski definition) is 0. The average molecular weight is 385 g/mol.